The van der Waals surface area contributed by atoms with Crippen LogP contribution in [-0.2, 0) is 14.2 Å². The van der Waals surface area contributed by atoms with E-state index in [9.17, 15) is 0 Å². The van der Waals surface area contributed by atoms with Crippen LogP contribution in [0.1, 0.15) is 13.3 Å². The lowest BCUT2D eigenvalue weighted by Gasteiger charge is -2.14. The van der Waals surface area contributed by atoms with E-state index in [0.29, 0.717) is 26.4 Å². The second kappa shape index (κ2) is 5.48. The second-order valence-corrected chi connectivity index (χ2v) is 2.83. The summed E-state index contributed by atoms with van der Waals surface area (Å²) >= 11 is 0. The van der Waals surface area contributed by atoms with Gasteiger partial charge in [0, 0.05) is 19.1 Å². The minimum absolute atomic E-state index is 0.0213. The zero-order chi connectivity index (χ0) is 8.81. The van der Waals surface area contributed by atoms with Crippen molar-refractivity contribution >= 4 is 0 Å². The maximum absolute atomic E-state index is 5.75. The molecule has 0 radical (unpaired) electrons. The number of hydrogen-bond donors (Lipinski definition) is 1. The van der Waals surface area contributed by atoms with Gasteiger partial charge in [0.05, 0.1) is 19.8 Å². The summed E-state index contributed by atoms with van der Waals surface area (Å²) in [4.78, 5) is 0. The van der Waals surface area contributed by atoms with Crippen molar-refractivity contribution in [2.24, 2.45) is 5.73 Å². The lowest BCUT2D eigenvalue weighted by Crippen LogP contribution is -2.31. The van der Waals surface area contributed by atoms with Crippen LogP contribution >= 0.6 is 0 Å². The first kappa shape index (κ1) is 9.92. The molecule has 4 nitrogen and oxygen atoms in total. The van der Waals surface area contributed by atoms with Crippen molar-refractivity contribution in [1.82, 2.24) is 0 Å². The fourth-order valence-corrected chi connectivity index (χ4v) is 1.13. The zero-order valence-electron chi connectivity index (χ0n) is 7.49. The standard InChI is InChI=1S/C8H17NO3/c1-2-10-6-7(9)5-8-11-3-4-12-8/h7-8H,2-6,9H2,1H3. The summed E-state index contributed by atoms with van der Waals surface area (Å²) in [7, 11) is 0. The molecule has 0 amide bonds. The monoisotopic (exact) mass is 175 g/mol. The van der Waals surface area contributed by atoms with Crippen LogP contribution in [0.2, 0.25) is 0 Å². The van der Waals surface area contributed by atoms with Crippen molar-refractivity contribution in [3.63, 3.8) is 0 Å². The Morgan fingerprint density at radius 3 is 2.75 bits per heavy atom. The molecule has 1 saturated heterocycles. The number of hydrogen-bond acceptors (Lipinski definition) is 4. The molecule has 72 valence electrons. The largest absolute Gasteiger partial charge is 0.380 e. The lowest BCUT2D eigenvalue weighted by atomic mass is 10.2. The number of nitrogens with two attached hydrogens (primary N) is 1. The number of ether oxygens (including phenoxy) is 3. The zero-order valence-corrected chi connectivity index (χ0v) is 7.49. The Kier molecular flexibility index (Phi) is 4.53. The highest BCUT2D eigenvalue weighted by Gasteiger charge is 2.18. The smallest absolute Gasteiger partial charge is 0.159 e. The molecule has 1 fully saturated rings. The van der Waals surface area contributed by atoms with E-state index in [-0.39, 0.29) is 12.3 Å². The van der Waals surface area contributed by atoms with Gasteiger partial charge in [0.1, 0.15) is 0 Å². The maximum atomic E-state index is 5.75. The van der Waals surface area contributed by atoms with Crippen molar-refractivity contribution in [2.75, 3.05) is 26.4 Å². The van der Waals surface area contributed by atoms with Gasteiger partial charge < -0.3 is 19.9 Å². The molecule has 4 heteroatoms. The highest BCUT2D eigenvalue weighted by molar-refractivity contribution is 4.64. The first-order valence-corrected chi connectivity index (χ1v) is 4.39. The molecule has 0 aromatic heterocycles. The Labute approximate surface area is 73.0 Å². The van der Waals surface area contributed by atoms with Gasteiger partial charge in [-0.3, -0.25) is 0 Å². The van der Waals surface area contributed by atoms with Crippen molar-refractivity contribution in [3.8, 4) is 0 Å². The van der Waals surface area contributed by atoms with Gasteiger partial charge in [-0.15, -0.1) is 0 Å². The van der Waals surface area contributed by atoms with Gasteiger partial charge in [-0.25, -0.2) is 0 Å². The van der Waals surface area contributed by atoms with E-state index in [1.165, 1.54) is 0 Å². The van der Waals surface area contributed by atoms with Gasteiger partial charge in [0.25, 0.3) is 0 Å². The van der Waals surface area contributed by atoms with Gasteiger partial charge in [-0.1, -0.05) is 0 Å². The quantitative estimate of drug-likeness (QED) is 0.644. The molecule has 1 heterocycles. The Morgan fingerprint density at radius 2 is 2.17 bits per heavy atom. The molecule has 2 N–H and O–H groups in total. The summed E-state index contributed by atoms with van der Waals surface area (Å²) < 4.78 is 15.7. The summed E-state index contributed by atoms with van der Waals surface area (Å²) in [6, 6.07) is 0.0213. The molecule has 1 unspecified atom stereocenters. The predicted molar refractivity (Wildman–Crippen MR) is 44.8 cm³/mol. The molecule has 0 aromatic rings. The van der Waals surface area contributed by atoms with E-state index in [0.717, 1.165) is 6.42 Å². The summed E-state index contributed by atoms with van der Waals surface area (Å²) in [6.45, 7) is 4.62. The van der Waals surface area contributed by atoms with Crippen LogP contribution in [0, 0.1) is 0 Å². The van der Waals surface area contributed by atoms with Crippen LogP contribution in [0.25, 0.3) is 0 Å². The van der Waals surface area contributed by atoms with Gasteiger partial charge in [0.2, 0.25) is 0 Å². The average molecular weight is 175 g/mol. The summed E-state index contributed by atoms with van der Waals surface area (Å²) in [5.41, 5.74) is 5.75. The highest BCUT2D eigenvalue weighted by Crippen LogP contribution is 2.09. The minimum atomic E-state index is -0.111. The fourth-order valence-electron chi connectivity index (χ4n) is 1.13. The van der Waals surface area contributed by atoms with E-state index < -0.39 is 0 Å². The summed E-state index contributed by atoms with van der Waals surface area (Å²) in [5, 5.41) is 0. The SMILES string of the molecule is CCOCC(N)CC1OCCO1. The van der Waals surface area contributed by atoms with E-state index in [2.05, 4.69) is 0 Å². The minimum Gasteiger partial charge on any atom is -0.380 e. The first-order chi connectivity index (χ1) is 5.83. The molecule has 0 aliphatic carbocycles. The Bertz CT molecular complexity index is 115. The van der Waals surface area contributed by atoms with Crippen LogP contribution in [0.5, 0.6) is 0 Å². The molecular weight excluding hydrogens is 158 g/mol. The van der Waals surface area contributed by atoms with Gasteiger partial charge >= 0.3 is 0 Å². The molecule has 0 aromatic carbocycles. The third-order valence-corrected chi connectivity index (χ3v) is 1.72. The van der Waals surface area contributed by atoms with E-state index in [1.807, 2.05) is 6.92 Å². The Hall–Kier alpha value is -0.160. The maximum Gasteiger partial charge on any atom is 0.159 e. The fraction of sp³-hybridized carbons (Fsp3) is 1.00. The van der Waals surface area contributed by atoms with Gasteiger partial charge in [-0.05, 0) is 6.92 Å². The van der Waals surface area contributed by atoms with Crippen LogP contribution in [-0.4, -0.2) is 38.8 Å². The molecule has 1 atom stereocenters. The van der Waals surface area contributed by atoms with Gasteiger partial charge in [-0.2, -0.15) is 0 Å². The molecule has 0 spiro atoms. The lowest BCUT2D eigenvalue weighted by molar-refractivity contribution is -0.0552. The first-order valence-electron chi connectivity index (χ1n) is 4.39. The van der Waals surface area contributed by atoms with Gasteiger partial charge in [0.15, 0.2) is 6.29 Å². The molecule has 0 bridgehead atoms. The van der Waals surface area contributed by atoms with Crippen LogP contribution in [0.3, 0.4) is 0 Å². The second-order valence-electron chi connectivity index (χ2n) is 2.83. The summed E-state index contributed by atoms with van der Waals surface area (Å²) in [5.74, 6) is 0. The van der Waals surface area contributed by atoms with Crippen molar-refractivity contribution in [3.05, 3.63) is 0 Å². The third-order valence-electron chi connectivity index (χ3n) is 1.72. The molecule has 1 rings (SSSR count). The van der Waals surface area contributed by atoms with E-state index in [1.54, 1.807) is 0 Å². The summed E-state index contributed by atoms with van der Waals surface area (Å²) in [6.07, 6.45) is 0.612. The molecular formula is C8H17NO3. The average Bonchev–Trinajstić information content (AvgIpc) is 2.53. The molecule has 1 aliphatic heterocycles. The van der Waals surface area contributed by atoms with E-state index >= 15 is 0 Å². The molecule has 1 aliphatic rings. The van der Waals surface area contributed by atoms with Crippen molar-refractivity contribution < 1.29 is 14.2 Å². The van der Waals surface area contributed by atoms with Crippen molar-refractivity contribution in [2.45, 2.75) is 25.7 Å². The van der Waals surface area contributed by atoms with Crippen LogP contribution in [0.15, 0.2) is 0 Å². The Balaban J connectivity index is 2.03. The number of rotatable bonds is 5. The third kappa shape index (κ3) is 3.49. The van der Waals surface area contributed by atoms with E-state index in [4.69, 9.17) is 19.9 Å². The predicted octanol–water partition coefficient (Wildman–Crippen LogP) is 0.113. The highest BCUT2D eigenvalue weighted by atomic mass is 16.7. The molecule has 12 heavy (non-hydrogen) atoms. The topological polar surface area (TPSA) is 53.7 Å². The normalized spacial score (nSPS) is 21.5. The van der Waals surface area contributed by atoms with Crippen molar-refractivity contribution in [1.29, 1.82) is 0 Å². The Morgan fingerprint density at radius 1 is 1.50 bits per heavy atom. The van der Waals surface area contributed by atoms with Crippen LogP contribution < -0.4 is 5.73 Å². The van der Waals surface area contributed by atoms with Crippen LogP contribution in [0.4, 0.5) is 0 Å². The molecule has 0 saturated carbocycles.